The van der Waals surface area contributed by atoms with Gasteiger partial charge in [-0.15, -0.1) is 5.10 Å². The van der Waals surface area contributed by atoms with E-state index in [0.29, 0.717) is 38.4 Å². The summed E-state index contributed by atoms with van der Waals surface area (Å²) in [6, 6.07) is 7.73. The first-order valence-electron chi connectivity index (χ1n) is 9.85. The maximum Gasteiger partial charge on any atom is 0.227 e. The Labute approximate surface area is 167 Å². The van der Waals surface area contributed by atoms with Crippen LogP contribution in [-0.4, -0.2) is 55.8 Å². The minimum absolute atomic E-state index is 0.0933. The highest BCUT2D eigenvalue weighted by Crippen LogP contribution is 2.29. The molecule has 2 aromatic heterocycles. The van der Waals surface area contributed by atoms with Gasteiger partial charge in [0, 0.05) is 19.6 Å². The summed E-state index contributed by atoms with van der Waals surface area (Å²) in [6.45, 7) is 4.43. The lowest BCUT2D eigenvalue weighted by molar-refractivity contribution is -0.131. The predicted octanol–water partition coefficient (Wildman–Crippen LogP) is 1.59. The van der Waals surface area contributed by atoms with E-state index in [4.69, 9.17) is 9.15 Å². The number of hydrogen-bond acceptors (Lipinski definition) is 7. The van der Waals surface area contributed by atoms with E-state index >= 15 is 0 Å². The van der Waals surface area contributed by atoms with Crippen LogP contribution in [0.25, 0.3) is 5.69 Å². The largest absolute Gasteiger partial charge is 0.445 e. The second-order valence-corrected chi connectivity index (χ2v) is 7.53. The van der Waals surface area contributed by atoms with Crippen LogP contribution in [0.1, 0.15) is 41.1 Å². The number of carbonyl (C=O) groups is 1. The number of amides is 1. The van der Waals surface area contributed by atoms with Crippen LogP contribution in [0.4, 0.5) is 0 Å². The van der Waals surface area contributed by atoms with Crippen LogP contribution in [0, 0.1) is 6.92 Å². The number of carbonyl (C=O) groups excluding carboxylic acids is 1. The molecule has 29 heavy (non-hydrogen) atoms. The summed E-state index contributed by atoms with van der Waals surface area (Å²) in [7, 11) is 0. The van der Waals surface area contributed by atoms with Gasteiger partial charge in [-0.25, -0.2) is 4.98 Å². The van der Waals surface area contributed by atoms with Crippen LogP contribution in [0.15, 0.2) is 28.7 Å². The summed E-state index contributed by atoms with van der Waals surface area (Å²) in [5.41, 5.74) is 2.72. The molecule has 4 heterocycles. The molecule has 0 bridgehead atoms. The van der Waals surface area contributed by atoms with E-state index in [1.165, 1.54) is 0 Å². The van der Waals surface area contributed by atoms with Crippen molar-refractivity contribution in [3.8, 4) is 5.69 Å². The molecule has 1 amide bonds. The monoisotopic (exact) mass is 394 g/mol. The molecular formula is C20H22N6O3. The van der Waals surface area contributed by atoms with Crippen LogP contribution in [0.5, 0.6) is 0 Å². The molecule has 1 atom stereocenters. The fourth-order valence-corrected chi connectivity index (χ4v) is 3.85. The van der Waals surface area contributed by atoms with E-state index in [2.05, 4.69) is 20.5 Å². The smallest absolute Gasteiger partial charge is 0.227 e. The molecule has 0 saturated carbocycles. The summed E-state index contributed by atoms with van der Waals surface area (Å²) in [4.78, 5) is 19.3. The topological polar surface area (TPSA) is 99.2 Å². The van der Waals surface area contributed by atoms with Gasteiger partial charge in [-0.2, -0.15) is 4.68 Å². The highest BCUT2D eigenvalue weighted by atomic mass is 16.5. The minimum Gasteiger partial charge on any atom is -0.445 e. The number of benzene rings is 1. The molecule has 9 nitrogen and oxygen atoms in total. The molecule has 1 aromatic carbocycles. The molecule has 0 spiro atoms. The highest BCUT2D eigenvalue weighted by molar-refractivity contribution is 5.79. The first-order chi connectivity index (χ1) is 14.2. The zero-order valence-electron chi connectivity index (χ0n) is 16.2. The van der Waals surface area contributed by atoms with Crippen molar-refractivity contribution in [1.29, 1.82) is 0 Å². The molecule has 2 aliphatic rings. The standard InChI is InChI=1S/C20H22N6O3/c1-13-22-23-24-26(13)16-4-2-14(3-5-16)10-19(27)25-8-6-18-17(11-25)21-20(29-18)15-7-9-28-12-15/h2-5,15H,6-12H2,1H3. The maximum absolute atomic E-state index is 12.8. The number of rotatable bonds is 4. The third-order valence-electron chi connectivity index (χ3n) is 5.54. The molecule has 9 heteroatoms. The molecule has 5 rings (SSSR count). The number of ether oxygens (including phenoxy) is 1. The summed E-state index contributed by atoms with van der Waals surface area (Å²) in [5.74, 6) is 2.73. The van der Waals surface area contributed by atoms with E-state index in [1.54, 1.807) is 4.68 Å². The molecule has 150 valence electrons. The van der Waals surface area contributed by atoms with Crippen LogP contribution in [-0.2, 0) is 28.9 Å². The lowest BCUT2D eigenvalue weighted by Gasteiger charge is -2.25. The van der Waals surface area contributed by atoms with Gasteiger partial charge in [0.15, 0.2) is 11.7 Å². The van der Waals surface area contributed by atoms with Gasteiger partial charge < -0.3 is 14.1 Å². The highest BCUT2D eigenvalue weighted by Gasteiger charge is 2.29. The van der Waals surface area contributed by atoms with Gasteiger partial charge in [0.2, 0.25) is 5.91 Å². The SMILES string of the molecule is Cc1nnnn1-c1ccc(CC(=O)N2CCc3oc(C4CCOC4)nc3C2)cc1. The van der Waals surface area contributed by atoms with Crippen molar-refractivity contribution in [3.05, 3.63) is 53.0 Å². The first kappa shape index (κ1) is 18.0. The van der Waals surface area contributed by atoms with Crippen LogP contribution in [0.2, 0.25) is 0 Å². The number of nitrogens with zero attached hydrogens (tertiary/aromatic N) is 6. The third-order valence-corrected chi connectivity index (χ3v) is 5.54. The molecule has 2 aliphatic heterocycles. The summed E-state index contributed by atoms with van der Waals surface area (Å²) in [5, 5.41) is 11.5. The number of aromatic nitrogens is 5. The number of oxazole rings is 1. The Morgan fingerprint density at radius 1 is 1.28 bits per heavy atom. The van der Waals surface area contributed by atoms with Gasteiger partial charge in [-0.3, -0.25) is 4.79 Å². The molecule has 1 fully saturated rings. The van der Waals surface area contributed by atoms with Gasteiger partial charge in [0.05, 0.1) is 31.2 Å². The van der Waals surface area contributed by atoms with Crippen molar-refractivity contribution in [2.24, 2.45) is 0 Å². The van der Waals surface area contributed by atoms with Crippen molar-refractivity contribution >= 4 is 5.91 Å². The number of tetrazole rings is 1. The Balaban J connectivity index is 1.24. The molecular weight excluding hydrogens is 372 g/mol. The van der Waals surface area contributed by atoms with E-state index in [-0.39, 0.29) is 11.8 Å². The fraction of sp³-hybridized carbons (Fsp3) is 0.450. The summed E-state index contributed by atoms with van der Waals surface area (Å²) >= 11 is 0. The Morgan fingerprint density at radius 3 is 2.86 bits per heavy atom. The van der Waals surface area contributed by atoms with Crippen molar-refractivity contribution in [3.63, 3.8) is 0 Å². The first-order valence-corrected chi connectivity index (χ1v) is 9.85. The van der Waals surface area contributed by atoms with E-state index in [0.717, 1.165) is 41.6 Å². The zero-order chi connectivity index (χ0) is 19.8. The van der Waals surface area contributed by atoms with Gasteiger partial charge in [0.25, 0.3) is 0 Å². The molecule has 0 N–H and O–H groups in total. The third kappa shape index (κ3) is 3.53. The quantitative estimate of drug-likeness (QED) is 0.662. The lowest BCUT2D eigenvalue weighted by atomic mass is 10.1. The van der Waals surface area contributed by atoms with Crippen LogP contribution in [0.3, 0.4) is 0 Å². The maximum atomic E-state index is 12.8. The Kier molecular flexibility index (Phi) is 4.59. The van der Waals surface area contributed by atoms with Crippen molar-refractivity contribution in [2.75, 3.05) is 19.8 Å². The average molecular weight is 394 g/mol. The second kappa shape index (κ2) is 7.40. The molecule has 3 aromatic rings. The Morgan fingerprint density at radius 2 is 2.14 bits per heavy atom. The van der Waals surface area contributed by atoms with Gasteiger partial charge in [0.1, 0.15) is 11.5 Å². The summed E-state index contributed by atoms with van der Waals surface area (Å²) in [6.07, 6.45) is 2.01. The average Bonchev–Trinajstić information content (AvgIpc) is 3.48. The van der Waals surface area contributed by atoms with Crippen LogP contribution >= 0.6 is 0 Å². The Bertz CT molecular complexity index is 1020. The number of fused-ring (bicyclic) bond motifs is 1. The predicted molar refractivity (Wildman–Crippen MR) is 101 cm³/mol. The molecule has 1 saturated heterocycles. The van der Waals surface area contributed by atoms with E-state index < -0.39 is 0 Å². The van der Waals surface area contributed by atoms with Crippen LogP contribution < -0.4 is 0 Å². The van der Waals surface area contributed by atoms with Crippen molar-refractivity contribution in [2.45, 2.75) is 38.6 Å². The lowest BCUT2D eigenvalue weighted by Crippen LogP contribution is -2.36. The zero-order valence-corrected chi connectivity index (χ0v) is 16.2. The molecule has 0 radical (unpaired) electrons. The number of aryl methyl sites for hydroxylation is 1. The fourth-order valence-electron chi connectivity index (χ4n) is 3.85. The second-order valence-electron chi connectivity index (χ2n) is 7.53. The molecule has 1 unspecified atom stereocenters. The van der Waals surface area contributed by atoms with Gasteiger partial charge >= 0.3 is 0 Å². The van der Waals surface area contributed by atoms with Crippen molar-refractivity contribution < 1.29 is 13.9 Å². The van der Waals surface area contributed by atoms with E-state index in [9.17, 15) is 4.79 Å². The minimum atomic E-state index is 0.0933. The van der Waals surface area contributed by atoms with Gasteiger partial charge in [-0.05, 0) is 41.5 Å². The number of hydrogen-bond donors (Lipinski definition) is 0. The van der Waals surface area contributed by atoms with Crippen molar-refractivity contribution in [1.82, 2.24) is 30.1 Å². The molecule has 0 aliphatic carbocycles. The normalized spacial score (nSPS) is 18.8. The van der Waals surface area contributed by atoms with Gasteiger partial charge in [-0.1, -0.05) is 12.1 Å². The Hall–Kier alpha value is -3.07. The van der Waals surface area contributed by atoms with E-state index in [1.807, 2.05) is 36.1 Å². The summed E-state index contributed by atoms with van der Waals surface area (Å²) < 4.78 is 13.0.